The van der Waals surface area contributed by atoms with E-state index in [1.165, 1.54) is 51.5 Å². The standard InChI is InChI=1S/C24H24N4O2S2/c1-16-13-22(30)28(17-9-5-4-6-10-17)24(26-16)31-15-21(29)27-23-19(14-25)18-11-7-2-3-8-12-20(18)32-23/h4-6,9-10,13H,2-3,7-8,11-12,15H2,1H3,(H,27,29). The van der Waals surface area contributed by atoms with E-state index in [-0.39, 0.29) is 17.2 Å². The summed E-state index contributed by atoms with van der Waals surface area (Å²) in [5.41, 5.74) is 2.85. The number of anilines is 1. The number of para-hydroxylation sites is 1. The fraction of sp³-hybridized carbons (Fsp3) is 0.333. The number of aryl methyl sites for hydroxylation is 2. The number of benzene rings is 1. The van der Waals surface area contributed by atoms with Crippen molar-refractivity contribution in [3.05, 3.63) is 68.4 Å². The topological polar surface area (TPSA) is 87.8 Å². The number of rotatable bonds is 5. The number of carbonyl (C=O) groups is 1. The molecule has 1 N–H and O–H groups in total. The molecule has 0 unspecified atom stereocenters. The maximum atomic E-state index is 12.8. The Kier molecular flexibility index (Phi) is 7.08. The van der Waals surface area contributed by atoms with Crippen LogP contribution in [0.2, 0.25) is 0 Å². The molecular formula is C24H24N4O2S2. The van der Waals surface area contributed by atoms with Crippen molar-refractivity contribution in [2.24, 2.45) is 0 Å². The van der Waals surface area contributed by atoms with Crippen LogP contribution in [-0.4, -0.2) is 21.2 Å². The highest BCUT2D eigenvalue weighted by atomic mass is 32.2. The fourth-order valence-corrected chi connectivity index (χ4v) is 6.02. The van der Waals surface area contributed by atoms with Gasteiger partial charge in [-0.25, -0.2) is 4.98 Å². The van der Waals surface area contributed by atoms with Gasteiger partial charge in [-0.2, -0.15) is 5.26 Å². The number of carbonyl (C=O) groups excluding carboxylic acids is 1. The SMILES string of the molecule is Cc1cc(=O)n(-c2ccccc2)c(SCC(=O)Nc2sc3c(c2C#N)CCCCCC3)n1. The summed E-state index contributed by atoms with van der Waals surface area (Å²) < 4.78 is 1.52. The molecule has 2 aromatic heterocycles. The van der Waals surface area contributed by atoms with Crippen LogP contribution in [0.4, 0.5) is 5.00 Å². The van der Waals surface area contributed by atoms with Crippen molar-refractivity contribution in [2.45, 2.75) is 50.6 Å². The monoisotopic (exact) mass is 464 g/mol. The number of amides is 1. The molecule has 0 spiro atoms. The van der Waals surface area contributed by atoms with E-state index < -0.39 is 0 Å². The number of thioether (sulfide) groups is 1. The molecule has 8 heteroatoms. The molecule has 1 aliphatic rings. The lowest BCUT2D eigenvalue weighted by Crippen LogP contribution is -2.22. The van der Waals surface area contributed by atoms with Gasteiger partial charge in [0.05, 0.1) is 17.0 Å². The molecule has 0 saturated heterocycles. The Bertz CT molecular complexity index is 1230. The molecule has 2 heterocycles. The first kappa shape index (κ1) is 22.3. The molecule has 1 aliphatic carbocycles. The lowest BCUT2D eigenvalue weighted by atomic mass is 9.97. The predicted octanol–water partition coefficient (Wildman–Crippen LogP) is 4.86. The Morgan fingerprint density at radius 3 is 2.72 bits per heavy atom. The first-order valence-electron chi connectivity index (χ1n) is 10.7. The van der Waals surface area contributed by atoms with Crippen molar-refractivity contribution < 1.29 is 4.79 Å². The summed E-state index contributed by atoms with van der Waals surface area (Å²) in [5, 5.41) is 13.8. The highest BCUT2D eigenvalue weighted by molar-refractivity contribution is 7.99. The van der Waals surface area contributed by atoms with Gasteiger partial charge in [-0.1, -0.05) is 42.8 Å². The van der Waals surface area contributed by atoms with Crippen molar-refractivity contribution >= 4 is 34.0 Å². The van der Waals surface area contributed by atoms with Crippen LogP contribution in [0.3, 0.4) is 0 Å². The minimum atomic E-state index is -0.212. The number of fused-ring (bicyclic) bond motifs is 1. The second-order valence-electron chi connectivity index (χ2n) is 7.76. The van der Waals surface area contributed by atoms with Gasteiger partial charge in [0.2, 0.25) is 5.91 Å². The number of hydrogen-bond donors (Lipinski definition) is 1. The summed E-state index contributed by atoms with van der Waals surface area (Å²) >= 11 is 2.74. The van der Waals surface area contributed by atoms with E-state index in [9.17, 15) is 14.9 Å². The number of nitriles is 1. The van der Waals surface area contributed by atoms with Crippen LogP contribution in [0, 0.1) is 18.3 Å². The second-order valence-corrected chi connectivity index (χ2v) is 9.81. The smallest absolute Gasteiger partial charge is 0.258 e. The number of thiophene rings is 1. The lowest BCUT2D eigenvalue weighted by molar-refractivity contribution is -0.113. The predicted molar refractivity (Wildman–Crippen MR) is 129 cm³/mol. The Balaban J connectivity index is 1.53. The van der Waals surface area contributed by atoms with Gasteiger partial charge in [0.25, 0.3) is 5.56 Å². The minimum Gasteiger partial charge on any atom is -0.316 e. The van der Waals surface area contributed by atoms with Gasteiger partial charge in [-0.3, -0.25) is 14.2 Å². The molecular weight excluding hydrogens is 440 g/mol. The van der Waals surface area contributed by atoms with Crippen molar-refractivity contribution in [2.75, 3.05) is 11.1 Å². The van der Waals surface area contributed by atoms with Gasteiger partial charge < -0.3 is 5.32 Å². The van der Waals surface area contributed by atoms with E-state index in [0.717, 1.165) is 31.2 Å². The van der Waals surface area contributed by atoms with Gasteiger partial charge in [-0.05, 0) is 50.3 Å². The molecule has 6 nitrogen and oxygen atoms in total. The van der Waals surface area contributed by atoms with E-state index in [1.54, 1.807) is 6.92 Å². The third-order valence-electron chi connectivity index (χ3n) is 5.40. The van der Waals surface area contributed by atoms with Crippen LogP contribution in [0.5, 0.6) is 0 Å². The van der Waals surface area contributed by atoms with Crippen molar-refractivity contribution in [1.29, 1.82) is 5.26 Å². The molecule has 0 aliphatic heterocycles. The Labute approximate surface area is 195 Å². The quantitative estimate of drug-likeness (QED) is 0.430. The number of aromatic nitrogens is 2. The zero-order chi connectivity index (χ0) is 22.5. The minimum absolute atomic E-state index is 0.0934. The van der Waals surface area contributed by atoms with Crippen molar-refractivity contribution in [1.82, 2.24) is 9.55 Å². The van der Waals surface area contributed by atoms with Crippen LogP contribution in [0.15, 0.2) is 46.3 Å². The first-order chi connectivity index (χ1) is 15.6. The van der Waals surface area contributed by atoms with Crippen LogP contribution < -0.4 is 10.9 Å². The highest BCUT2D eigenvalue weighted by Gasteiger charge is 2.21. The molecule has 0 radical (unpaired) electrons. The van der Waals surface area contributed by atoms with E-state index in [2.05, 4.69) is 16.4 Å². The fourth-order valence-electron chi connectivity index (χ4n) is 3.90. The van der Waals surface area contributed by atoms with Gasteiger partial charge >= 0.3 is 0 Å². The maximum absolute atomic E-state index is 12.8. The molecule has 0 saturated carbocycles. The summed E-state index contributed by atoms with van der Waals surface area (Å²) in [4.78, 5) is 31.1. The van der Waals surface area contributed by atoms with E-state index in [0.29, 0.717) is 27.1 Å². The second kappa shape index (κ2) is 10.2. The van der Waals surface area contributed by atoms with Gasteiger partial charge in [0, 0.05) is 16.6 Å². The van der Waals surface area contributed by atoms with Crippen LogP contribution in [0.25, 0.3) is 5.69 Å². The highest BCUT2D eigenvalue weighted by Crippen LogP contribution is 2.36. The van der Waals surface area contributed by atoms with Crippen LogP contribution >= 0.6 is 23.1 Å². The molecule has 4 rings (SSSR count). The summed E-state index contributed by atoms with van der Waals surface area (Å²) in [7, 11) is 0. The molecule has 1 aromatic carbocycles. The molecule has 32 heavy (non-hydrogen) atoms. The summed E-state index contributed by atoms with van der Waals surface area (Å²) in [5.74, 6) is -0.119. The lowest BCUT2D eigenvalue weighted by Gasteiger charge is -2.12. The summed E-state index contributed by atoms with van der Waals surface area (Å²) in [6, 6.07) is 13.1. The van der Waals surface area contributed by atoms with Crippen LogP contribution in [-0.2, 0) is 17.6 Å². The average Bonchev–Trinajstić information content (AvgIpc) is 3.07. The Hall–Kier alpha value is -2.89. The number of nitrogens with zero attached hydrogens (tertiary/aromatic N) is 3. The van der Waals surface area contributed by atoms with E-state index in [1.807, 2.05) is 30.3 Å². The van der Waals surface area contributed by atoms with Gasteiger partial charge in [-0.15, -0.1) is 11.3 Å². The van der Waals surface area contributed by atoms with Crippen LogP contribution in [0.1, 0.15) is 47.4 Å². The molecule has 164 valence electrons. The third-order valence-corrected chi connectivity index (χ3v) is 7.54. The number of nitrogens with one attached hydrogen (secondary N) is 1. The molecule has 0 fully saturated rings. The molecule has 1 amide bonds. The summed E-state index contributed by atoms with van der Waals surface area (Å²) in [6.45, 7) is 1.77. The maximum Gasteiger partial charge on any atom is 0.258 e. The third kappa shape index (κ3) is 4.95. The van der Waals surface area contributed by atoms with E-state index in [4.69, 9.17) is 0 Å². The zero-order valence-electron chi connectivity index (χ0n) is 17.9. The largest absolute Gasteiger partial charge is 0.316 e. The Morgan fingerprint density at radius 1 is 1.22 bits per heavy atom. The molecule has 3 aromatic rings. The summed E-state index contributed by atoms with van der Waals surface area (Å²) in [6.07, 6.45) is 6.47. The Morgan fingerprint density at radius 2 is 1.97 bits per heavy atom. The van der Waals surface area contributed by atoms with Crippen molar-refractivity contribution in [3.63, 3.8) is 0 Å². The number of hydrogen-bond acceptors (Lipinski definition) is 6. The zero-order valence-corrected chi connectivity index (χ0v) is 19.5. The van der Waals surface area contributed by atoms with Gasteiger partial charge in [0.1, 0.15) is 11.1 Å². The van der Waals surface area contributed by atoms with Crippen molar-refractivity contribution in [3.8, 4) is 11.8 Å². The van der Waals surface area contributed by atoms with E-state index >= 15 is 0 Å². The normalized spacial score (nSPS) is 13.5. The molecule has 0 bridgehead atoms. The molecule has 0 atom stereocenters. The first-order valence-corrected chi connectivity index (χ1v) is 12.5. The van der Waals surface area contributed by atoms with Gasteiger partial charge in [0.15, 0.2) is 5.16 Å². The average molecular weight is 465 g/mol.